The molecule has 0 heterocycles. The number of hydrogen-bond acceptors (Lipinski definition) is 4. The molecule has 0 aliphatic heterocycles. The zero-order valence-electron chi connectivity index (χ0n) is 16.0. The lowest BCUT2D eigenvalue weighted by Crippen LogP contribution is -2.15. The van der Waals surface area contributed by atoms with Gasteiger partial charge in [-0.15, -0.1) is 0 Å². The Hall–Kier alpha value is -1.39. The van der Waals surface area contributed by atoms with Crippen molar-refractivity contribution in [2.24, 2.45) is 5.92 Å². The van der Waals surface area contributed by atoms with E-state index >= 15 is 0 Å². The van der Waals surface area contributed by atoms with Crippen molar-refractivity contribution in [2.75, 3.05) is 0 Å². The minimum absolute atomic E-state index is 0.0207. The first kappa shape index (κ1) is 23.6. The summed E-state index contributed by atoms with van der Waals surface area (Å²) in [6.45, 7) is 4.33. The van der Waals surface area contributed by atoms with Gasteiger partial charge in [-0.3, -0.25) is 14.4 Å². The normalized spacial score (nSPS) is 13.2. The third-order valence-electron chi connectivity index (χ3n) is 4.72. The van der Waals surface area contributed by atoms with Gasteiger partial charge >= 0.3 is 5.97 Å². The van der Waals surface area contributed by atoms with Crippen molar-refractivity contribution in [3.8, 4) is 0 Å². The van der Waals surface area contributed by atoms with Gasteiger partial charge in [0.2, 0.25) is 0 Å². The van der Waals surface area contributed by atoms with Gasteiger partial charge in [-0.1, -0.05) is 39.0 Å². The van der Waals surface area contributed by atoms with Crippen LogP contribution in [0.4, 0.5) is 0 Å². The summed E-state index contributed by atoms with van der Waals surface area (Å²) in [5.74, 6) is -0.441. The molecule has 0 aromatic carbocycles. The molecule has 5 heteroatoms. The van der Waals surface area contributed by atoms with Crippen LogP contribution in [0, 0.1) is 5.92 Å². The SMILES string of the molecule is CCCCCC(CCCC(CCCCCCC(=O)O)C(C)=O)OC=O. The molecule has 0 aromatic heterocycles. The molecular weight excluding hydrogens is 320 g/mol. The Morgan fingerprint density at radius 2 is 1.52 bits per heavy atom. The largest absolute Gasteiger partial charge is 0.481 e. The highest BCUT2D eigenvalue weighted by Crippen LogP contribution is 2.21. The second kappa shape index (κ2) is 16.1. The number of carbonyl (C=O) groups excluding carboxylic acids is 2. The Kier molecular flexibility index (Phi) is 15.2. The second-order valence-electron chi connectivity index (χ2n) is 6.94. The van der Waals surface area contributed by atoms with Gasteiger partial charge in [-0.05, 0) is 51.9 Å². The van der Waals surface area contributed by atoms with Crippen LogP contribution in [0.5, 0.6) is 0 Å². The number of carboxylic acids is 1. The molecule has 0 aliphatic rings. The first-order chi connectivity index (χ1) is 12.0. The first-order valence-electron chi connectivity index (χ1n) is 9.82. The van der Waals surface area contributed by atoms with Gasteiger partial charge in [0.15, 0.2) is 0 Å². The van der Waals surface area contributed by atoms with Crippen LogP contribution in [0.3, 0.4) is 0 Å². The summed E-state index contributed by atoms with van der Waals surface area (Å²) in [6, 6.07) is 0. The van der Waals surface area contributed by atoms with E-state index in [1.807, 2.05) is 0 Å². The summed E-state index contributed by atoms with van der Waals surface area (Å²) in [5, 5.41) is 8.60. The van der Waals surface area contributed by atoms with Gasteiger partial charge in [0.25, 0.3) is 6.47 Å². The minimum Gasteiger partial charge on any atom is -0.481 e. The predicted molar refractivity (Wildman–Crippen MR) is 98.4 cm³/mol. The fraction of sp³-hybridized carbons (Fsp3) is 0.850. The molecule has 0 fully saturated rings. The molecule has 5 nitrogen and oxygen atoms in total. The fourth-order valence-corrected chi connectivity index (χ4v) is 3.14. The smallest absolute Gasteiger partial charge is 0.303 e. The summed E-state index contributed by atoms with van der Waals surface area (Å²) < 4.78 is 5.16. The first-order valence-corrected chi connectivity index (χ1v) is 9.82. The molecule has 0 aliphatic carbocycles. The van der Waals surface area contributed by atoms with Crippen LogP contribution in [-0.4, -0.2) is 29.4 Å². The highest BCUT2D eigenvalue weighted by molar-refractivity contribution is 5.78. The van der Waals surface area contributed by atoms with Crippen molar-refractivity contribution >= 4 is 18.2 Å². The number of rotatable bonds is 18. The van der Waals surface area contributed by atoms with E-state index in [0.717, 1.165) is 70.6 Å². The number of Topliss-reactive ketones (excluding diaryl/α,β-unsaturated/α-hetero) is 1. The zero-order chi connectivity index (χ0) is 18.9. The molecule has 0 aromatic rings. The number of carboxylic acid groups (broad SMARTS) is 1. The summed E-state index contributed by atoms with van der Waals surface area (Å²) in [4.78, 5) is 32.9. The molecule has 0 spiro atoms. The highest BCUT2D eigenvalue weighted by Gasteiger charge is 2.16. The molecule has 0 radical (unpaired) electrons. The third-order valence-corrected chi connectivity index (χ3v) is 4.72. The van der Waals surface area contributed by atoms with Gasteiger partial charge in [-0.2, -0.15) is 0 Å². The number of ketones is 1. The van der Waals surface area contributed by atoms with Crippen molar-refractivity contribution in [2.45, 2.75) is 103 Å². The van der Waals surface area contributed by atoms with Gasteiger partial charge in [0.1, 0.15) is 11.9 Å². The molecule has 0 rings (SSSR count). The van der Waals surface area contributed by atoms with E-state index in [2.05, 4.69) is 6.92 Å². The highest BCUT2D eigenvalue weighted by atomic mass is 16.5. The van der Waals surface area contributed by atoms with Crippen LogP contribution < -0.4 is 0 Å². The quantitative estimate of drug-likeness (QED) is 0.279. The Morgan fingerprint density at radius 3 is 2.12 bits per heavy atom. The van der Waals surface area contributed by atoms with Crippen molar-refractivity contribution in [1.82, 2.24) is 0 Å². The number of unbranched alkanes of at least 4 members (excludes halogenated alkanes) is 5. The van der Waals surface area contributed by atoms with E-state index in [-0.39, 0.29) is 24.2 Å². The lowest BCUT2D eigenvalue weighted by Gasteiger charge is -2.17. The molecular formula is C20H36O5. The van der Waals surface area contributed by atoms with Crippen LogP contribution in [0.1, 0.15) is 97.3 Å². The lowest BCUT2D eigenvalue weighted by molar-refractivity contribution is -0.137. The van der Waals surface area contributed by atoms with E-state index in [1.54, 1.807) is 6.92 Å². The maximum absolute atomic E-state index is 11.8. The summed E-state index contributed by atoms with van der Waals surface area (Å²) >= 11 is 0. The lowest BCUT2D eigenvalue weighted by atomic mass is 9.91. The van der Waals surface area contributed by atoms with Crippen molar-refractivity contribution in [3.05, 3.63) is 0 Å². The average Bonchev–Trinajstić information content (AvgIpc) is 2.55. The summed E-state index contributed by atoms with van der Waals surface area (Å²) in [5.41, 5.74) is 0. The molecule has 25 heavy (non-hydrogen) atoms. The maximum atomic E-state index is 11.8. The third kappa shape index (κ3) is 14.6. The summed E-state index contributed by atoms with van der Waals surface area (Å²) in [6.07, 6.45) is 11.5. The molecule has 2 unspecified atom stereocenters. The monoisotopic (exact) mass is 356 g/mol. The molecule has 0 bridgehead atoms. The molecule has 1 N–H and O–H groups in total. The van der Waals surface area contributed by atoms with E-state index in [1.165, 1.54) is 0 Å². The Bertz CT molecular complexity index is 367. The maximum Gasteiger partial charge on any atom is 0.303 e. The van der Waals surface area contributed by atoms with Crippen LogP contribution in [-0.2, 0) is 19.1 Å². The number of hydrogen-bond donors (Lipinski definition) is 1. The molecule has 146 valence electrons. The van der Waals surface area contributed by atoms with Gasteiger partial charge in [0, 0.05) is 12.3 Å². The van der Waals surface area contributed by atoms with Crippen LogP contribution >= 0.6 is 0 Å². The van der Waals surface area contributed by atoms with E-state index in [4.69, 9.17) is 9.84 Å². The standard InChI is InChI=1S/C20H36O5/c1-3-4-7-13-19(25-16-21)14-10-12-18(17(2)22)11-8-5-6-9-15-20(23)24/h16,18-19H,3-15H2,1-2H3,(H,23,24). The number of aliphatic carboxylic acids is 1. The topological polar surface area (TPSA) is 80.7 Å². The van der Waals surface area contributed by atoms with Gasteiger partial charge in [0.05, 0.1) is 0 Å². The Balaban J connectivity index is 3.97. The molecule has 0 amide bonds. The van der Waals surface area contributed by atoms with Crippen molar-refractivity contribution in [1.29, 1.82) is 0 Å². The van der Waals surface area contributed by atoms with Crippen molar-refractivity contribution in [3.63, 3.8) is 0 Å². The van der Waals surface area contributed by atoms with Crippen molar-refractivity contribution < 1.29 is 24.2 Å². The Labute approximate surface area is 152 Å². The van der Waals surface area contributed by atoms with E-state index < -0.39 is 5.97 Å². The Morgan fingerprint density at radius 1 is 0.920 bits per heavy atom. The molecule has 2 atom stereocenters. The molecule has 0 saturated carbocycles. The number of ether oxygens (including phenoxy) is 1. The summed E-state index contributed by atoms with van der Waals surface area (Å²) in [7, 11) is 0. The minimum atomic E-state index is -0.743. The molecule has 0 saturated heterocycles. The van der Waals surface area contributed by atoms with Gasteiger partial charge in [-0.25, -0.2) is 0 Å². The van der Waals surface area contributed by atoms with Crippen LogP contribution in [0.2, 0.25) is 0 Å². The predicted octanol–water partition coefficient (Wildman–Crippen LogP) is 4.91. The van der Waals surface area contributed by atoms with Crippen LogP contribution in [0.25, 0.3) is 0 Å². The van der Waals surface area contributed by atoms with Gasteiger partial charge < -0.3 is 9.84 Å². The van der Waals surface area contributed by atoms with E-state index in [9.17, 15) is 14.4 Å². The second-order valence-corrected chi connectivity index (χ2v) is 6.94. The zero-order valence-corrected chi connectivity index (χ0v) is 16.0. The number of carbonyl (C=O) groups is 3. The fourth-order valence-electron chi connectivity index (χ4n) is 3.14. The van der Waals surface area contributed by atoms with E-state index in [0.29, 0.717) is 12.9 Å². The average molecular weight is 357 g/mol. The van der Waals surface area contributed by atoms with Crippen LogP contribution in [0.15, 0.2) is 0 Å².